The van der Waals surface area contributed by atoms with Crippen LogP contribution >= 0.6 is 0 Å². The molecular weight excluding hydrogens is 236 g/mol. The Morgan fingerprint density at radius 1 is 1.26 bits per heavy atom. The summed E-state index contributed by atoms with van der Waals surface area (Å²) in [6.45, 7) is 1.97. The van der Waals surface area contributed by atoms with Crippen LogP contribution in [-0.2, 0) is 6.42 Å². The number of fused-ring (bicyclic) bond motifs is 1. The fourth-order valence-corrected chi connectivity index (χ4v) is 2.33. The first-order valence-electron chi connectivity index (χ1n) is 6.20. The molecule has 1 heterocycles. The van der Waals surface area contributed by atoms with E-state index in [4.69, 9.17) is 5.73 Å². The van der Waals surface area contributed by atoms with E-state index in [1.54, 1.807) is 18.3 Å². The Bertz CT molecular complexity index is 702. The topological polar surface area (TPSA) is 56.0 Å². The number of aromatic nitrogens is 1. The number of rotatable bonds is 1. The van der Waals surface area contributed by atoms with E-state index in [1.165, 1.54) is 0 Å². The Labute approximate surface area is 111 Å². The van der Waals surface area contributed by atoms with Crippen LogP contribution in [0.5, 0.6) is 0 Å². The van der Waals surface area contributed by atoms with Gasteiger partial charge in [0.25, 0.3) is 0 Å². The lowest BCUT2D eigenvalue weighted by atomic mass is 9.90. The number of allylic oxidation sites excluding steroid dienone is 2. The van der Waals surface area contributed by atoms with Gasteiger partial charge < -0.3 is 5.73 Å². The van der Waals surface area contributed by atoms with Crippen LogP contribution in [0.15, 0.2) is 42.6 Å². The first-order valence-corrected chi connectivity index (χ1v) is 6.20. The van der Waals surface area contributed by atoms with E-state index in [0.29, 0.717) is 12.0 Å². The zero-order valence-electron chi connectivity index (χ0n) is 10.7. The molecule has 1 aliphatic carbocycles. The number of aryl methyl sites for hydroxylation is 1. The maximum atomic E-state index is 12.1. The molecule has 1 aliphatic rings. The van der Waals surface area contributed by atoms with E-state index in [1.807, 2.05) is 31.2 Å². The molecule has 0 amide bonds. The molecule has 1 aromatic heterocycles. The number of ketones is 1. The lowest BCUT2D eigenvalue weighted by Crippen LogP contribution is -2.11. The second kappa shape index (κ2) is 4.35. The second-order valence-electron chi connectivity index (χ2n) is 4.78. The summed E-state index contributed by atoms with van der Waals surface area (Å²) >= 11 is 0. The molecule has 3 heteroatoms. The fraction of sp³-hybridized carbons (Fsp3) is 0.125. The van der Waals surface area contributed by atoms with Crippen LogP contribution < -0.4 is 5.73 Å². The molecule has 0 bridgehead atoms. The zero-order chi connectivity index (χ0) is 13.4. The summed E-state index contributed by atoms with van der Waals surface area (Å²) in [4.78, 5) is 16.4. The Hall–Kier alpha value is -2.42. The lowest BCUT2D eigenvalue weighted by Gasteiger charge is -2.16. The zero-order valence-corrected chi connectivity index (χ0v) is 10.7. The highest BCUT2D eigenvalue weighted by atomic mass is 16.1. The summed E-state index contributed by atoms with van der Waals surface area (Å²) in [5.74, 6) is 0.0267. The third-order valence-corrected chi connectivity index (χ3v) is 3.46. The number of carbonyl (C=O) groups is 1. The van der Waals surface area contributed by atoms with Gasteiger partial charge in [-0.2, -0.15) is 0 Å². The van der Waals surface area contributed by atoms with Gasteiger partial charge in [-0.1, -0.05) is 6.07 Å². The average Bonchev–Trinajstić information content (AvgIpc) is 2.42. The summed E-state index contributed by atoms with van der Waals surface area (Å²) < 4.78 is 0. The second-order valence-corrected chi connectivity index (χ2v) is 4.78. The Morgan fingerprint density at radius 3 is 2.89 bits per heavy atom. The summed E-state index contributed by atoms with van der Waals surface area (Å²) in [6, 6.07) is 9.47. The molecule has 0 unspecified atom stereocenters. The molecule has 3 nitrogen and oxygen atoms in total. The van der Waals surface area contributed by atoms with E-state index in [9.17, 15) is 4.79 Å². The predicted molar refractivity (Wildman–Crippen MR) is 75.8 cm³/mol. The SMILES string of the molecule is Cc1cc(C2=CC(=O)c3cccnc3C2)ccc1N. The minimum atomic E-state index is 0.0267. The number of benzene rings is 1. The molecular formula is C16H14N2O. The van der Waals surface area contributed by atoms with Crippen molar-refractivity contribution in [3.63, 3.8) is 0 Å². The van der Waals surface area contributed by atoms with Crippen molar-refractivity contribution in [2.75, 3.05) is 5.73 Å². The van der Waals surface area contributed by atoms with Crippen molar-refractivity contribution in [2.45, 2.75) is 13.3 Å². The van der Waals surface area contributed by atoms with Gasteiger partial charge in [-0.25, -0.2) is 0 Å². The third-order valence-electron chi connectivity index (χ3n) is 3.46. The standard InChI is InChI=1S/C16H14N2O/c1-10-7-11(4-5-14(10)17)12-8-15-13(16(19)9-12)3-2-6-18-15/h2-7,9H,8,17H2,1H3. The number of pyridine rings is 1. The van der Waals surface area contributed by atoms with Crippen LogP contribution in [0.3, 0.4) is 0 Å². The summed E-state index contributed by atoms with van der Waals surface area (Å²) in [5, 5.41) is 0. The first kappa shape index (κ1) is 11.7. The minimum absolute atomic E-state index is 0.0267. The van der Waals surface area contributed by atoms with E-state index in [0.717, 1.165) is 28.1 Å². The minimum Gasteiger partial charge on any atom is -0.399 e. The fourth-order valence-electron chi connectivity index (χ4n) is 2.33. The van der Waals surface area contributed by atoms with Crippen LogP contribution in [0.4, 0.5) is 5.69 Å². The third kappa shape index (κ3) is 2.03. The van der Waals surface area contributed by atoms with E-state index in [2.05, 4.69) is 4.98 Å². The molecule has 2 aromatic rings. The molecule has 3 rings (SSSR count). The number of nitrogens with zero attached hydrogens (tertiary/aromatic N) is 1. The van der Waals surface area contributed by atoms with Gasteiger partial charge in [0.2, 0.25) is 0 Å². The number of nitrogen functional groups attached to an aromatic ring is 1. The molecule has 2 N–H and O–H groups in total. The largest absolute Gasteiger partial charge is 0.399 e. The van der Waals surface area contributed by atoms with Crippen LogP contribution in [0, 0.1) is 6.92 Å². The van der Waals surface area contributed by atoms with Crippen LogP contribution in [-0.4, -0.2) is 10.8 Å². The number of carbonyl (C=O) groups excluding carboxylic acids is 1. The molecule has 0 aliphatic heterocycles. The van der Waals surface area contributed by atoms with Gasteiger partial charge in [-0.15, -0.1) is 0 Å². The van der Waals surface area contributed by atoms with Gasteiger partial charge in [0.1, 0.15) is 0 Å². The van der Waals surface area contributed by atoms with Gasteiger partial charge in [-0.3, -0.25) is 9.78 Å². The Kier molecular flexibility index (Phi) is 2.67. The number of hydrogen-bond acceptors (Lipinski definition) is 3. The van der Waals surface area contributed by atoms with Crippen molar-refractivity contribution in [1.29, 1.82) is 0 Å². The summed E-state index contributed by atoms with van der Waals surface area (Å²) in [7, 11) is 0. The van der Waals surface area contributed by atoms with Crippen LogP contribution in [0.2, 0.25) is 0 Å². The van der Waals surface area contributed by atoms with Crippen molar-refractivity contribution in [3.8, 4) is 0 Å². The molecule has 1 aromatic carbocycles. The van der Waals surface area contributed by atoms with Gasteiger partial charge >= 0.3 is 0 Å². The van der Waals surface area contributed by atoms with Gasteiger partial charge in [-0.05, 0) is 54.0 Å². The lowest BCUT2D eigenvalue weighted by molar-refractivity contribution is 0.104. The van der Waals surface area contributed by atoms with E-state index >= 15 is 0 Å². The molecule has 0 saturated heterocycles. The van der Waals surface area contributed by atoms with Gasteiger partial charge in [0.05, 0.1) is 5.69 Å². The quantitative estimate of drug-likeness (QED) is 0.792. The molecule has 19 heavy (non-hydrogen) atoms. The van der Waals surface area contributed by atoms with Gasteiger partial charge in [0.15, 0.2) is 5.78 Å². The smallest absolute Gasteiger partial charge is 0.187 e. The van der Waals surface area contributed by atoms with Crippen molar-refractivity contribution in [1.82, 2.24) is 4.98 Å². The van der Waals surface area contributed by atoms with Crippen molar-refractivity contribution < 1.29 is 4.79 Å². The van der Waals surface area contributed by atoms with Crippen molar-refractivity contribution in [3.05, 3.63) is 65.0 Å². The molecule has 0 radical (unpaired) electrons. The molecule has 0 fully saturated rings. The highest BCUT2D eigenvalue weighted by molar-refractivity contribution is 6.11. The van der Waals surface area contributed by atoms with Crippen molar-refractivity contribution in [2.24, 2.45) is 0 Å². The monoisotopic (exact) mass is 250 g/mol. The number of nitrogens with two attached hydrogens (primary N) is 1. The summed E-state index contributed by atoms with van der Waals surface area (Å²) in [6.07, 6.45) is 4.11. The summed E-state index contributed by atoms with van der Waals surface area (Å²) in [5.41, 5.74) is 11.2. The molecule has 0 saturated carbocycles. The Morgan fingerprint density at radius 2 is 2.11 bits per heavy atom. The number of anilines is 1. The first-order chi connectivity index (χ1) is 9.15. The molecule has 0 spiro atoms. The van der Waals surface area contributed by atoms with E-state index < -0.39 is 0 Å². The Balaban J connectivity index is 2.04. The van der Waals surface area contributed by atoms with E-state index in [-0.39, 0.29) is 5.78 Å². The molecule has 94 valence electrons. The maximum absolute atomic E-state index is 12.1. The van der Waals surface area contributed by atoms with Crippen LogP contribution in [0.25, 0.3) is 5.57 Å². The number of hydrogen-bond donors (Lipinski definition) is 1. The predicted octanol–water partition coefficient (Wildman–Crippen LogP) is 2.79. The average molecular weight is 250 g/mol. The van der Waals surface area contributed by atoms with Gasteiger partial charge in [0, 0.05) is 23.9 Å². The van der Waals surface area contributed by atoms with Crippen LogP contribution in [0.1, 0.15) is 27.2 Å². The maximum Gasteiger partial charge on any atom is 0.187 e. The normalized spacial score (nSPS) is 13.9. The highest BCUT2D eigenvalue weighted by Gasteiger charge is 2.19. The molecule has 0 atom stereocenters. The highest BCUT2D eigenvalue weighted by Crippen LogP contribution is 2.27. The van der Waals surface area contributed by atoms with Crippen molar-refractivity contribution >= 4 is 17.0 Å².